The summed E-state index contributed by atoms with van der Waals surface area (Å²) in [6, 6.07) is 8.00. The maximum Gasteiger partial charge on any atom is 0.347 e. The number of benzene rings is 1. The highest BCUT2D eigenvalue weighted by Gasteiger charge is 2.09. The van der Waals surface area contributed by atoms with Gasteiger partial charge in [-0.3, -0.25) is 0 Å². The summed E-state index contributed by atoms with van der Waals surface area (Å²) in [7, 11) is 0. The molecular formula is C13H14N2O2S. The quantitative estimate of drug-likeness (QED) is 0.865. The van der Waals surface area contributed by atoms with Crippen LogP contribution in [0.5, 0.6) is 0 Å². The van der Waals surface area contributed by atoms with Crippen LogP contribution in [-0.2, 0) is 6.42 Å². The van der Waals surface area contributed by atoms with Gasteiger partial charge in [-0.1, -0.05) is 42.9 Å². The predicted octanol–water partition coefficient (Wildman–Crippen LogP) is 3.54. The standard InChI is InChI=1S/C13H14N2O2S/c1-2-5-9-6-3-4-7-10(9)15-13-14-8-11(18-13)12(16)17/h3-4,6-8H,2,5H2,1H3,(H,14,15)(H,16,17). The summed E-state index contributed by atoms with van der Waals surface area (Å²) in [6.45, 7) is 2.13. The molecule has 0 radical (unpaired) electrons. The zero-order valence-electron chi connectivity index (χ0n) is 10.0. The number of nitrogens with zero attached hydrogens (tertiary/aromatic N) is 1. The molecule has 94 valence electrons. The van der Waals surface area contributed by atoms with Crippen LogP contribution in [0.2, 0.25) is 0 Å². The lowest BCUT2D eigenvalue weighted by molar-refractivity contribution is 0.0702. The van der Waals surface area contributed by atoms with Crippen molar-refractivity contribution < 1.29 is 9.90 Å². The Bertz CT molecular complexity index is 551. The van der Waals surface area contributed by atoms with Gasteiger partial charge >= 0.3 is 5.97 Å². The van der Waals surface area contributed by atoms with Crippen LogP contribution in [0.25, 0.3) is 0 Å². The minimum Gasteiger partial charge on any atom is -0.477 e. The lowest BCUT2D eigenvalue weighted by Crippen LogP contribution is -1.95. The number of rotatable bonds is 5. The summed E-state index contributed by atoms with van der Waals surface area (Å²) < 4.78 is 0. The number of aryl methyl sites for hydroxylation is 1. The maximum atomic E-state index is 10.8. The van der Waals surface area contributed by atoms with Crippen LogP contribution in [0.4, 0.5) is 10.8 Å². The van der Waals surface area contributed by atoms with Crippen molar-refractivity contribution in [2.45, 2.75) is 19.8 Å². The monoisotopic (exact) mass is 262 g/mol. The molecule has 0 atom stereocenters. The van der Waals surface area contributed by atoms with Gasteiger partial charge in [0.05, 0.1) is 6.20 Å². The number of aromatic carboxylic acids is 1. The van der Waals surface area contributed by atoms with Gasteiger partial charge in [0.2, 0.25) is 0 Å². The zero-order chi connectivity index (χ0) is 13.0. The van der Waals surface area contributed by atoms with E-state index in [0.717, 1.165) is 29.9 Å². The average molecular weight is 262 g/mol. The maximum absolute atomic E-state index is 10.8. The summed E-state index contributed by atoms with van der Waals surface area (Å²) in [5.74, 6) is -0.942. The lowest BCUT2D eigenvalue weighted by atomic mass is 10.1. The molecule has 0 aliphatic rings. The van der Waals surface area contributed by atoms with E-state index in [-0.39, 0.29) is 4.88 Å². The minimum atomic E-state index is -0.942. The summed E-state index contributed by atoms with van der Waals surface area (Å²) in [6.07, 6.45) is 3.43. The number of nitrogens with one attached hydrogen (secondary N) is 1. The zero-order valence-corrected chi connectivity index (χ0v) is 10.8. The van der Waals surface area contributed by atoms with Crippen molar-refractivity contribution in [2.75, 3.05) is 5.32 Å². The Kier molecular flexibility index (Phi) is 3.94. The molecule has 18 heavy (non-hydrogen) atoms. The van der Waals surface area contributed by atoms with Crippen LogP contribution < -0.4 is 5.32 Å². The number of carbonyl (C=O) groups is 1. The minimum absolute atomic E-state index is 0.241. The number of carboxylic acid groups (broad SMARTS) is 1. The molecule has 4 nitrogen and oxygen atoms in total. The van der Waals surface area contributed by atoms with E-state index in [1.54, 1.807) is 0 Å². The molecule has 2 aromatic rings. The van der Waals surface area contributed by atoms with Gasteiger partial charge < -0.3 is 10.4 Å². The average Bonchev–Trinajstić information content (AvgIpc) is 2.81. The van der Waals surface area contributed by atoms with Gasteiger partial charge in [0.1, 0.15) is 4.88 Å². The molecule has 2 N–H and O–H groups in total. The summed E-state index contributed by atoms with van der Waals surface area (Å²) >= 11 is 1.14. The first-order valence-corrected chi connectivity index (χ1v) is 6.56. The molecule has 1 aromatic carbocycles. The molecule has 2 rings (SSSR count). The van der Waals surface area contributed by atoms with Gasteiger partial charge in [0.15, 0.2) is 5.13 Å². The van der Waals surface area contributed by atoms with Crippen LogP contribution in [0.15, 0.2) is 30.5 Å². The molecule has 0 bridgehead atoms. The number of hydrogen-bond acceptors (Lipinski definition) is 4. The topological polar surface area (TPSA) is 62.2 Å². The SMILES string of the molecule is CCCc1ccccc1Nc1ncc(C(=O)O)s1. The van der Waals surface area contributed by atoms with E-state index < -0.39 is 5.97 Å². The fourth-order valence-corrected chi connectivity index (χ4v) is 2.34. The third kappa shape index (κ3) is 2.87. The Labute approximate surface area is 109 Å². The molecule has 0 saturated heterocycles. The van der Waals surface area contributed by atoms with Crippen LogP contribution in [0, 0.1) is 0 Å². The molecule has 5 heteroatoms. The Morgan fingerprint density at radius 3 is 2.89 bits per heavy atom. The van der Waals surface area contributed by atoms with E-state index in [1.807, 2.05) is 18.2 Å². The number of aromatic nitrogens is 1. The molecule has 0 spiro atoms. The van der Waals surface area contributed by atoms with Crippen LogP contribution in [0.1, 0.15) is 28.6 Å². The molecule has 0 saturated carbocycles. The highest BCUT2D eigenvalue weighted by molar-refractivity contribution is 7.17. The van der Waals surface area contributed by atoms with Crippen LogP contribution >= 0.6 is 11.3 Å². The van der Waals surface area contributed by atoms with Gasteiger partial charge in [-0.15, -0.1) is 0 Å². The van der Waals surface area contributed by atoms with E-state index in [4.69, 9.17) is 5.11 Å². The number of hydrogen-bond donors (Lipinski definition) is 2. The van der Waals surface area contributed by atoms with Crippen molar-refractivity contribution in [2.24, 2.45) is 0 Å². The first kappa shape index (κ1) is 12.6. The van der Waals surface area contributed by atoms with Crippen LogP contribution in [-0.4, -0.2) is 16.1 Å². The Morgan fingerprint density at radius 1 is 1.44 bits per heavy atom. The van der Waals surface area contributed by atoms with Crippen molar-refractivity contribution in [1.82, 2.24) is 4.98 Å². The third-order valence-electron chi connectivity index (χ3n) is 2.49. The molecule has 0 aliphatic heterocycles. The first-order valence-electron chi connectivity index (χ1n) is 5.74. The number of carboxylic acids is 1. The number of para-hydroxylation sites is 1. The van der Waals surface area contributed by atoms with Crippen molar-refractivity contribution in [3.63, 3.8) is 0 Å². The van der Waals surface area contributed by atoms with Gasteiger partial charge in [-0.05, 0) is 18.1 Å². The van der Waals surface area contributed by atoms with E-state index in [0.29, 0.717) is 5.13 Å². The van der Waals surface area contributed by atoms with Crippen molar-refractivity contribution in [3.8, 4) is 0 Å². The number of anilines is 2. The molecular weight excluding hydrogens is 248 g/mol. The third-order valence-corrected chi connectivity index (χ3v) is 3.40. The largest absolute Gasteiger partial charge is 0.477 e. The van der Waals surface area contributed by atoms with Crippen molar-refractivity contribution >= 4 is 28.1 Å². The second kappa shape index (κ2) is 5.64. The fraction of sp³-hybridized carbons (Fsp3) is 0.231. The predicted molar refractivity (Wildman–Crippen MR) is 72.8 cm³/mol. The Balaban J connectivity index is 2.19. The highest BCUT2D eigenvalue weighted by atomic mass is 32.1. The summed E-state index contributed by atoms with van der Waals surface area (Å²) in [5.41, 5.74) is 2.21. The van der Waals surface area contributed by atoms with Gasteiger partial charge in [-0.25, -0.2) is 9.78 Å². The molecule has 1 heterocycles. The normalized spacial score (nSPS) is 10.3. The smallest absolute Gasteiger partial charge is 0.347 e. The highest BCUT2D eigenvalue weighted by Crippen LogP contribution is 2.25. The molecule has 0 fully saturated rings. The van der Waals surface area contributed by atoms with E-state index >= 15 is 0 Å². The lowest BCUT2D eigenvalue weighted by Gasteiger charge is -2.08. The molecule has 0 unspecified atom stereocenters. The fourth-order valence-electron chi connectivity index (χ4n) is 1.68. The summed E-state index contributed by atoms with van der Waals surface area (Å²) in [5, 5.41) is 12.6. The second-order valence-electron chi connectivity index (χ2n) is 3.87. The molecule has 1 aromatic heterocycles. The second-order valence-corrected chi connectivity index (χ2v) is 4.90. The Hall–Kier alpha value is -1.88. The first-order chi connectivity index (χ1) is 8.70. The molecule has 0 amide bonds. The number of thiazole rings is 1. The molecule has 0 aliphatic carbocycles. The van der Waals surface area contributed by atoms with E-state index in [9.17, 15) is 4.79 Å². The van der Waals surface area contributed by atoms with E-state index in [1.165, 1.54) is 11.8 Å². The van der Waals surface area contributed by atoms with Gasteiger partial charge in [-0.2, -0.15) is 0 Å². The Morgan fingerprint density at radius 2 is 2.22 bits per heavy atom. The van der Waals surface area contributed by atoms with Crippen molar-refractivity contribution in [3.05, 3.63) is 40.9 Å². The van der Waals surface area contributed by atoms with Crippen molar-refractivity contribution in [1.29, 1.82) is 0 Å². The van der Waals surface area contributed by atoms with Gasteiger partial charge in [0, 0.05) is 5.69 Å². The summed E-state index contributed by atoms with van der Waals surface area (Å²) in [4.78, 5) is 15.1. The van der Waals surface area contributed by atoms with Crippen LogP contribution in [0.3, 0.4) is 0 Å². The van der Waals surface area contributed by atoms with Gasteiger partial charge in [0.25, 0.3) is 0 Å². The van der Waals surface area contributed by atoms with E-state index in [2.05, 4.69) is 23.3 Å².